The summed E-state index contributed by atoms with van der Waals surface area (Å²) in [6.45, 7) is 2.29. The molecule has 1 aromatic rings. The fourth-order valence-corrected chi connectivity index (χ4v) is 3.63. The van der Waals surface area contributed by atoms with Crippen molar-refractivity contribution in [3.05, 3.63) is 30.1 Å². The second-order valence-electron chi connectivity index (χ2n) is 6.55. The fraction of sp³-hybridized carbons (Fsp3) is 0.737. The first-order valence-corrected chi connectivity index (χ1v) is 8.80. The molecule has 0 radical (unpaired) electrons. The summed E-state index contributed by atoms with van der Waals surface area (Å²) in [4.78, 5) is 4.13. The zero-order valence-electron chi connectivity index (χ0n) is 13.2. The summed E-state index contributed by atoms with van der Waals surface area (Å²) in [6.07, 6.45) is 19.7. The third-order valence-corrected chi connectivity index (χ3v) is 4.99. The van der Waals surface area contributed by atoms with Crippen LogP contribution in [-0.4, -0.2) is 4.98 Å². The van der Waals surface area contributed by atoms with Crippen molar-refractivity contribution in [1.29, 1.82) is 0 Å². The molecule has 1 nitrogen and oxygen atoms in total. The van der Waals surface area contributed by atoms with Crippen LogP contribution in [0, 0.1) is 5.92 Å². The van der Waals surface area contributed by atoms with E-state index in [-0.39, 0.29) is 0 Å². The molecular formula is C19H31N. The molecule has 112 valence electrons. The third-order valence-electron chi connectivity index (χ3n) is 4.99. The SMILES string of the molecule is CCCCCCCCC1CCC(c2ccncc2)CC1. The molecule has 0 amide bonds. The van der Waals surface area contributed by atoms with Gasteiger partial charge in [-0.15, -0.1) is 0 Å². The summed E-state index contributed by atoms with van der Waals surface area (Å²) >= 11 is 0. The van der Waals surface area contributed by atoms with Crippen molar-refractivity contribution in [2.75, 3.05) is 0 Å². The van der Waals surface area contributed by atoms with Gasteiger partial charge in [0.2, 0.25) is 0 Å². The van der Waals surface area contributed by atoms with Gasteiger partial charge in [0.1, 0.15) is 0 Å². The standard InChI is InChI=1S/C19H31N/c1-2-3-4-5-6-7-8-17-9-11-18(12-10-17)19-13-15-20-16-14-19/h13-18H,2-12H2,1H3. The zero-order valence-corrected chi connectivity index (χ0v) is 13.2. The van der Waals surface area contributed by atoms with E-state index in [1.165, 1.54) is 76.2 Å². The van der Waals surface area contributed by atoms with Crippen molar-refractivity contribution in [3.63, 3.8) is 0 Å². The summed E-state index contributed by atoms with van der Waals surface area (Å²) < 4.78 is 0. The average molecular weight is 273 g/mol. The predicted octanol–water partition coefficient (Wildman–Crippen LogP) is 6.11. The van der Waals surface area contributed by atoms with Gasteiger partial charge in [-0.1, -0.05) is 51.9 Å². The molecule has 0 unspecified atom stereocenters. The highest BCUT2D eigenvalue weighted by Gasteiger charge is 2.21. The fourth-order valence-electron chi connectivity index (χ4n) is 3.63. The predicted molar refractivity (Wildman–Crippen MR) is 86.9 cm³/mol. The van der Waals surface area contributed by atoms with Crippen molar-refractivity contribution in [1.82, 2.24) is 4.98 Å². The van der Waals surface area contributed by atoms with E-state index >= 15 is 0 Å². The Kier molecular flexibility index (Phi) is 7.11. The molecule has 0 saturated heterocycles. The van der Waals surface area contributed by atoms with Crippen LogP contribution >= 0.6 is 0 Å². The normalized spacial score (nSPS) is 22.9. The first kappa shape index (κ1) is 15.5. The maximum atomic E-state index is 4.13. The van der Waals surface area contributed by atoms with Gasteiger partial charge in [-0.3, -0.25) is 4.98 Å². The first-order chi connectivity index (χ1) is 9.90. The first-order valence-electron chi connectivity index (χ1n) is 8.80. The Labute approximate surface area is 125 Å². The van der Waals surface area contributed by atoms with Crippen molar-refractivity contribution in [3.8, 4) is 0 Å². The van der Waals surface area contributed by atoms with E-state index in [2.05, 4.69) is 24.0 Å². The van der Waals surface area contributed by atoms with Gasteiger partial charge in [-0.25, -0.2) is 0 Å². The lowest BCUT2D eigenvalue weighted by atomic mass is 9.77. The molecule has 1 aromatic heterocycles. The van der Waals surface area contributed by atoms with E-state index in [1.54, 1.807) is 0 Å². The van der Waals surface area contributed by atoms with Crippen LogP contribution in [0.1, 0.15) is 89.0 Å². The van der Waals surface area contributed by atoms with E-state index in [9.17, 15) is 0 Å². The van der Waals surface area contributed by atoms with Gasteiger partial charge in [0.25, 0.3) is 0 Å². The van der Waals surface area contributed by atoms with Crippen molar-refractivity contribution in [2.45, 2.75) is 83.5 Å². The van der Waals surface area contributed by atoms with E-state index in [0.29, 0.717) is 0 Å². The number of nitrogens with zero attached hydrogens (tertiary/aromatic N) is 1. The summed E-state index contributed by atoms with van der Waals surface area (Å²) in [5.74, 6) is 1.82. The maximum absolute atomic E-state index is 4.13. The summed E-state index contributed by atoms with van der Waals surface area (Å²) in [5, 5.41) is 0. The van der Waals surface area contributed by atoms with E-state index in [0.717, 1.165) is 11.8 Å². The molecule has 1 saturated carbocycles. The zero-order chi connectivity index (χ0) is 14.0. The molecule has 0 aliphatic heterocycles. The van der Waals surface area contributed by atoms with Crippen LogP contribution in [0.4, 0.5) is 0 Å². The Morgan fingerprint density at radius 3 is 2.25 bits per heavy atom. The number of rotatable bonds is 8. The lowest BCUT2D eigenvalue weighted by Crippen LogP contribution is -2.13. The molecule has 0 aromatic carbocycles. The van der Waals surface area contributed by atoms with Crippen LogP contribution in [0.5, 0.6) is 0 Å². The number of pyridine rings is 1. The summed E-state index contributed by atoms with van der Waals surface area (Å²) in [5.41, 5.74) is 1.51. The molecule has 1 aliphatic carbocycles. The minimum atomic E-state index is 0.804. The molecule has 2 rings (SSSR count). The smallest absolute Gasteiger partial charge is 0.0270 e. The molecule has 20 heavy (non-hydrogen) atoms. The summed E-state index contributed by atoms with van der Waals surface area (Å²) in [7, 11) is 0. The second-order valence-corrected chi connectivity index (χ2v) is 6.55. The quantitative estimate of drug-likeness (QED) is 0.521. The van der Waals surface area contributed by atoms with Gasteiger partial charge in [-0.05, 0) is 55.2 Å². The van der Waals surface area contributed by atoms with Crippen molar-refractivity contribution < 1.29 is 0 Å². The van der Waals surface area contributed by atoms with E-state index < -0.39 is 0 Å². The molecule has 0 spiro atoms. The Morgan fingerprint density at radius 2 is 1.55 bits per heavy atom. The molecule has 1 aliphatic rings. The topological polar surface area (TPSA) is 12.9 Å². The molecule has 0 atom stereocenters. The Bertz CT molecular complexity index is 338. The lowest BCUT2D eigenvalue weighted by Gasteiger charge is -2.28. The minimum absolute atomic E-state index is 0.804. The Hall–Kier alpha value is -0.850. The van der Waals surface area contributed by atoms with Gasteiger partial charge in [0.15, 0.2) is 0 Å². The van der Waals surface area contributed by atoms with Crippen molar-refractivity contribution in [2.24, 2.45) is 5.92 Å². The van der Waals surface area contributed by atoms with Crippen LogP contribution in [0.3, 0.4) is 0 Å². The minimum Gasteiger partial charge on any atom is -0.265 e. The summed E-state index contributed by atoms with van der Waals surface area (Å²) in [6, 6.07) is 4.41. The third kappa shape index (κ3) is 5.26. The monoisotopic (exact) mass is 273 g/mol. The van der Waals surface area contributed by atoms with E-state index in [4.69, 9.17) is 0 Å². The molecular weight excluding hydrogens is 242 g/mol. The van der Waals surface area contributed by atoms with Crippen molar-refractivity contribution >= 4 is 0 Å². The number of hydrogen-bond donors (Lipinski definition) is 0. The molecule has 1 heteroatoms. The molecule has 1 heterocycles. The highest BCUT2D eigenvalue weighted by atomic mass is 14.6. The van der Waals surface area contributed by atoms with Gasteiger partial charge in [-0.2, -0.15) is 0 Å². The molecule has 0 bridgehead atoms. The molecule has 0 N–H and O–H groups in total. The number of aromatic nitrogens is 1. The van der Waals surface area contributed by atoms with Crippen LogP contribution in [0.2, 0.25) is 0 Å². The number of unbranched alkanes of at least 4 members (excludes halogenated alkanes) is 5. The van der Waals surface area contributed by atoms with Gasteiger partial charge < -0.3 is 0 Å². The largest absolute Gasteiger partial charge is 0.265 e. The number of hydrogen-bond acceptors (Lipinski definition) is 1. The van der Waals surface area contributed by atoms with Gasteiger partial charge in [0, 0.05) is 12.4 Å². The van der Waals surface area contributed by atoms with Crippen LogP contribution in [-0.2, 0) is 0 Å². The van der Waals surface area contributed by atoms with Crippen LogP contribution in [0.25, 0.3) is 0 Å². The Morgan fingerprint density at radius 1 is 0.900 bits per heavy atom. The van der Waals surface area contributed by atoms with Crippen LogP contribution < -0.4 is 0 Å². The molecule has 1 fully saturated rings. The van der Waals surface area contributed by atoms with Crippen LogP contribution in [0.15, 0.2) is 24.5 Å². The Balaban J connectivity index is 1.58. The van der Waals surface area contributed by atoms with E-state index in [1.807, 2.05) is 12.4 Å². The second kappa shape index (κ2) is 9.15. The average Bonchev–Trinajstić information content (AvgIpc) is 2.52. The van der Waals surface area contributed by atoms with Gasteiger partial charge in [0.05, 0.1) is 0 Å². The maximum Gasteiger partial charge on any atom is 0.0270 e. The lowest BCUT2D eigenvalue weighted by molar-refractivity contribution is 0.301. The highest BCUT2D eigenvalue weighted by Crippen LogP contribution is 2.37. The van der Waals surface area contributed by atoms with Gasteiger partial charge >= 0.3 is 0 Å². The highest BCUT2D eigenvalue weighted by molar-refractivity contribution is 5.16.